The number of carbonyl (C=O) groups excluding carboxylic acids is 1. The van der Waals surface area contributed by atoms with Gasteiger partial charge in [0, 0.05) is 43.0 Å². The second-order valence-electron chi connectivity index (χ2n) is 10.1. The van der Waals surface area contributed by atoms with E-state index >= 15 is 0 Å². The van der Waals surface area contributed by atoms with Gasteiger partial charge in [-0.05, 0) is 61.2 Å². The van der Waals surface area contributed by atoms with Crippen molar-refractivity contribution >= 4 is 33.1 Å². The number of amides is 1. The molecule has 3 heterocycles. The number of nitrogens with zero attached hydrogens (tertiary/aromatic N) is 5. The maximum Gasteiger partial charge on any atom is 0.227 e. The third kappa shape index (κ3) is 6.52. The Morgan fingerprint density at radius 1 is 1.27 bits per heavy atom. The third-order valence-corrected chi connectivity index (χ3v) is 7.89. The molecule has 1 fully saturated rings. The first kappa shape index (κ1) is 27.4. The molecule has 0 radical (unpaired) electrons. The Bertz CT molecular complexity index is 1580. The number of aromatic nitrogens is 3. The van der Waals surface area contributed by atoms with E-state index in [9.17, 15) is 14.4 Å². The molecule has 1 atom stereocenters. The number of thiophene rings is 1. The summed E-state index contributed by atoms with van der Waals surface area (Å²) in [5, 5.41) is 15.8. The van der Waals surface area contributed by atoms with Gasteiger partial charge in [-0.15, -0.1) is 17.9 Å². The van der Waals surface area contributed by atoms with Crippen LogP contribution in [0.1, 0.15) is 61.7 Å². The average Bonchev–Trinajstić information content (AvgIpc) is 3.53. The van der Waals surface area contributed by atoms with Crippen LogP contribution in [0.25, 0.3) is 21.5 Å². The third-order valence-electron chi connectivity index (χ3n) is 7.04. The summed E-state index contributed by atoms with van der Waals surface area (Å²) in [5.74, 6) is 1.13. The molecule has 9 heteroatoms. The topological polar surface area (TPSA) is 95.9 Å². The predicted octanol–water partition coefficient (Wildman–Crippen LogP) is 7.52. The summed E-state index contributed by atoms with van der Waals surface area (Å²) >= 11 is 1.53. The van der Waals surface area contributed by atoms with E-state index in [0.717, 1.165) is 47.3 Å². The van der Waals surface area contributed by atoms with Gasteiger partial charge in [-0.1, -0.05) is 29.9 Å². The van der Waals surface area contributed by atoms with E-state index in [-0.39, 0.29) is 24.7 Å². The van der Waals surface area contributed by atoms with Gasteiger partial charge in [0.05, 0.1) is 27.3 Å². The maximum absolute atomic E-state index is 13.5. The lowest BCUT2D eigenvalue weighted by atomic mass is 10.00. The minimum Gasteiger partial charge on any atom is -0.339 e. The van der Waals surface area contributed by atoms with Crippen LogP contribution >= 0.6 is 11.3 Å². The molecule has 4 aromatic rings. The fraction of sp³-hybridized carbons (Fsp3) is 0.323. The average molecular weight is 556 g/mol. The molecule has 0 N–H and O–H groups in total. The number of fused-ring (bicyclic) bond motifs is 1. The van der Waals surface area contributed by atoms with Gasteiger partial charge >= 0.3 is 0 Å². The van der Waals surface area contributed by atoms with Crippen LogP contribution in [0.15, 0.2) is 71.4 Å². The van der Waals surface area contributed by atoms with Gasteiger partial charge in [0.15, 0.2) is 5.82 Å². The van der Waals surface area contributed by atoms with E-state index in [2.05, 4.69) is 29.4 Å². The number of halogens is 1. The van der Waals surface area contributed by atoms with E-state index in [1.165, 1.54) is 11.3 Å². The second kappa shape index (κ2) is 12.3. The molecule has 3 aromatic heterocycles. The first-order valence-corrected chi connectivity index (χ1v) is 14.3. The van der Waals surface area contributed by atoms with Crippen LogP contribution < -0.4 is 4.90 Å². The molecule has 1 unspecified atom stereocenters. The lowest BCUT2D eigenvalue weighted by molar-refractivity contribution is -0.118. The summed E-state index contributed by atoms with van der Waals surface area (Å²) in [4.78, 5) is 24.3. The molecule has 1 saturated carbocycles. The largest absolute Gasteiger partial charge is 0.339 e. The molecule has 7 nitrogen and oxygen atoms in total. The lowest BCUT2D eigenvalue weighted by Crippen LogP contribution is -2.35. The van der Waals surface area contributed by atoms with Gasteiger partial charge < -0.3 is 9.42 Å². The Balaban J connectivity index is 1.35. The number of hydrogen-bond acceptors (Lipinski definition) is 7. The van der Waals surface area contributed by atoms with Crippen LogP contribution in [-0.4, -0.2) is 27.6 Å². The highest BCUT2D eigenvalue weighted by molar-refractivity contribution is 7.17. The maximum atomic E-state index is 13.5. The van der Waals surface area contributed by atoms with Gasteiger partial charge in [-0.25, -0.2) is 9.37 Å². The van der Waals surface area contributed by atoms with Gasteiger partial charge in [0.25, 0.3) is 0 Å². The highest BCUT2D eigenvalue weighted by Gasteiger charge is 2.28. The highest BCUT2D eigenvalue weighted by Crippen LogP contribution is 2.38. The highest BCUT2D eigenvalue weighted by atomic mass is 32.1. The lowest BCUT2D eigenvalue weighted by Gasteiger charge is -2.27. The van der Waals surface area contributed by atoms with E-state index in [1.54, 1.807) is 4.90 Å². The van der Waals surface area contributed by atoms with Crippen molar-refractivity contribution in [2.75, 3.05) is 11.4 Å². The number of nitriles is 1. The van der Waals surface area contributed by atoms with Gasteiger partial charge in [0.2, 0.25) is 11.8 Å². The zero-order chi connectivity index (χ0) is 28.1. The van der Waals surface area contributed by atoms with Crippen LogP contribution in [0, 0.1) is 17.2 Å². The normalized spacial score (nSPS) is 13.6. The molecule has 5 rings (SSSR count). The fourth-order valence-corrected chi connectivity index (χ4v) is 5.42. The van der Waals surface area contributed by atoms with Crippen molar-refractivity contribution < 1.29 is 13.7 Å². The number of benzene rings is 1. The van der Waals surface area contributed by atoms with Gasteiger partial charge in [-0.2, -0.15) is 10.2 Å². The van der Waals surface area contributed by atoms with E-state index in [1.807, 2.05) is 47.9 Å². The molecule has 40 heavy (non-hydrogen) atoms. The number of aryl methyl sites for hydroxylation is 1. The molecule has 1 amide bonds. The first-order valence-electron chi connectivity index (χ1n) is 13.4. The molecular weight excluding hydrogens is 525 g/mol. The Hall–Kier alpha value is -4.16. The summed E-state index contributed by atoms with van der Waals surface area (Å²) in [5.41, 5.74) is 3.23. The number of anilines is 1. The number of hydrogen-bond donors (Lipinski definition) is 0. The molecule has 0 aliphatic heterocycles. The van der Waals surface area contributed by atoms with E-state index in [0.29, 0.717) is 41.7 Å². The number of allylic oxidation sites excluding steroid dienone is 1. The zero-order valence-electron chi connectivity index (χ0n) is 22.2. The zero-order valence-corrected chi connectivity index (χ0v) is 23.0. The van der Waals surface area contributed by atoms with Crippen molar-refractivity contribution in [1.29, 1.82) is 5.26 Å². The summed E-state index contributed by atoms with van der Waals surface area (Å²) in [6, 6.07) is 13.4. The minimum absolute atomic E-state index is 0.00207. The summed E-state index contributed by atoms with van der Waals surface area (Å²) < 4.78 is 19.8. The van der Waals surface area contributed by atoms with Crippen molar-refractivity contribution in [3.05, 3.63) is 84.1 Å². The molecule has 0 saturated heterocycles. The summed E-state index contributed by atoms with van der Waals surface area (Å²) in [6.07, 6.45) is 6.26. The Labute approximate surface area is 236 Å². The SMILES string of the molecule is C=CC(CCCc1nc(C2CC2)no1)CN(C(=O)CCC(=C)F)c1cccc(-c2nc3ccsc3cc2C#N)c1. The van der Waals surface area contributed by atoms with Gasteiger partial charge in [-0.3, -0.25) is 4.79 Å². The Morgan fingerprint density at radius 2 is 2.12 bits per heavy atom. The Morgan fingerprint density at radius 3 is 2.88 bits per heavy atom. The number of rotatable bonds is 13. The van der Waals surface area contributed by atoms with Crippen LogP contribution in [0.4, 0.5) is 10.1 Å². The standard InChI is InChI=1S/C31H30FN5O2S/c1-3-21(6-4-9-28-35-31(36-39-28)22-11-12-22)19-37(29(38)13-10-20(2)32)25-8-5-7-23(16-25)30-24(18-33)17-27-26(34-30)14-15-40-27/h3,5,7-8,14-17,21-22H,1-2,4,6,9-13,19H2. The van der Waals surface area contributed by atoms with Crippen LogP contribution in [0.2, 0.25) is 0 Å². The second-order valence-corrected chi connectivity index (χ2v) is 11.0. The van der Waals surface area contributed by atoms with Crippen molar-refractivity contribution in [2.45, 2.75) is 50.9 Å². The van der Waals surface area contributed by atoms with Crippen molar-refractivity contribution in [3.8, 4) is 17.3 Å². The fourth-order valence-electron chi connectivity index (χ4n) is 4.66. The van der Waals surface area contributed by atoms with E-state index < -0.39 is 5.83 Å². The Kier molecular flexibility index (Phi) is 8.46. The smallest absolute Gasteiger partial charge is 0.227 e. The quantitative estimate of drug-likeness (QED) is 0.158. The van der Waals surface area contributed by atoms with Crippen LogP contribution in [0.5, 0.6) is 0 Å². The van der Waals surface area contributed by atoms with Gasteiger partial charge in [0.1, 0.15) is 6.07 Å². The molecule has 1 aliphatic carbocycles. The monoisotopic (exact) mass is 555 g/mol. The van der Waals surface area contributed by atoms with Crippen molar-refractivity contribution in [2.24, 2.45) is 5.92 Å². The van der Waals surface area contributed by atoms with E-state index in [4.69, 9.17) is 9.51 Å². The molecular formula is C31H30FN5O2S. The molecule has 1 aromatic carbocycles. The van der Waals surface area contributed by atoms with Crippen molar-refractivity contribution in [1.82, 2.24) is 15.1 Å². The van der Waals surface area contributed by atoms with Crippen LogP contribution in [0.3, 0.4) is 0 Å². The van der Waals surface area contributed by atoms with Crippen LogP contribution in [-0.2, 0) is 11.2 Å². The number of carbonyl (C=O) groups is 1. The molecule has 204 valence electrons. The molecule has 1 aliphatic rings. The first-order chi connectivity index (χ1) is 19.4. The predicted molar refractivity (Wildman–Crippen MR) is 155 cm³/mol. The number of pyridine rings is 1. The molecule has 0 spiro atoms. The minimum atomic E-state index is -0.528. The molecule has 0 bridgehead atoms. The summed E-state index contributed by atoms with van der Waals surface area (Å²) in [7, 11) is 0. The van der Waals surface area contributed by atoms with Crippen molar-refractivity contribution in [3.63, 3.8) is 0 Å². The summed E-state index contributed by atoms with van der Waals surface area (Å²) in [6.45, 7) is 7.69.